The lowest BCUT2D eigenvalue weighted by atomic mass is 9.83. The quantitative estimate of drug-likeness (QED) is 0.741. The molecular weight excluding hydrogens is 273 g/mol. The SMILES string of the molecule is Fc1ccc(CN2CC[C@H]3C=CCc4cccc(c43)C2)cc1. The van der Waals surface area contributed by atoms with Crippen LogP contribution in [0, 0.1) is 5.82 Å². The topological polar surface area (TPSA) is 3.24 Å². The minimum Gasteiger partial charge on any atom is -0.295 e. The Hall–Kier alpha value is -1.93. The van der Waals surface area contributed by atoms with Crippen molar-refractivity contribution < 1.29 is 4.39 Å². The van der Waals surface area contributed by atoms with E-state index in [0.29, 0.717) is 5.92 Å². The summed E-state index contributed by atoms with van der Waals surface area (Å²) in [6.07, 6.45) is 6.93. The van der Waals surface area contributed by atoms with Crippen LogP contribution >= 0.6 is 0 Å². The lowest BCUT2D eigenvalue weighted by Gasteiger charge is -2.21. The Morgan fingerprint density at radius 2 is 1.86 bits per heavy atom. The second kappa shape index (κ2) is 5.69. The van der Waals surface area contributed by atoms with Gasteiger partial charge in [-0.2, -0.15) is 0 Å². The van der Waals surface area contributed by atoms with Gasteiger partial charge in [0.1, 0.15) is 5.82 Å². The fourth-order valence-electron chi connectivity index (χ4n) is 3.78. The summed E-state index contributed by atoms with van der Waals surface area (Å²) in [6, 6.07) is 13.6. The first-order valence-corrected chi connectivity index (χ1v) is 8.04. The first-order chi connectivity index (χ1) is 10.8. The number of allylic oxidation sites excluding steroid dienone is 2. The van der Waals surface area contributed by atoms with Crippen molar-refractivity contribution in [2.45, 2.75) is 31.8 Å². The van der Waals surface area contributed by atoms with Crippen molar-refractivity contribution in [3.63, 3.8) is 0 Å². The largest absolute Gasteiger partial charge is 0.295 e. The summed E-state index contributed by atoms with van der Waals surface area (Å²) in [5, 5.41) is 0. The number of benzene rings is 2. The van der Waals surface area contributed by atoms with Gasteiger partial charge in [0.2, 0.25) is 0 Å². The molecule has 112 valence electrons. The van der Waals surface area contributed by atoms with Crippen LogP contribution in [-0.4, -0.2) is 11.4 Å². The summed E-state index contributed by atoms with van der Waals surface area (Å²) >= 11 is 0. The van der Waals surface area contributed by atoms with Crippen molar-refractivity contribution in [2.75, 3.05) is 6.54 Å². The van der Waals surface area contributed by atoms with E-state index >= 15 is 0 Å². The van der Waals surface area contributed by atoms with Gasteiger partial charge < -0.3 is 0 Å². The van der Waals surface area contributed by atoms with Gasteiger partial charge in [-0.1, -0.05) is 42.5 Å². The molecule has 0 aromatic heterocycles. The van der Waals surface area contributed by atoms with Crippen LogP contribution in [0.25, 0.3) is 0 Å². The average Bonchev–Trinajstić information content (AvgIpc) is 2.72. The molecule has 1 atom stereocenters. The molecule has 4 rings (SSSR count). The molecule has 0 unspecified atom stereocenters. The molecule has 1 nitrogen and oxygen atoms in total. The predicted octanol–water partition coefficient (Wildman–Crippen LogP) is 4.43. The van der Waals surface area contributed by atoms with Gasteiger partial charge in [0.25, 0.3) is 0 Å². The summed E-state index contributed by atoms with van der Waals surface area (Å²) in [5.74, 6) is 0.406. The number of rotatable bonds is 2. The smallest absolute Gasteiger partial charge is 0.123 e. The van der Waals surface area contributed by atoms with E-state index in [2.05, 4.69) is 35.3 Å². The van der Waals surface area contributed by atoms with Crippen LogP contribution in [0.3, 0.4) is 0 Å². The number of halogens is 1. The molecule has 0 fully saturated rings. The Balaban J connectivity index is 1.60. The Morgan fingerprint density at radius 1 is 1.05 bits per heavy atom. The van der Waals surface area contributed by atoms with Gasteiger partial charge in [-0.3, -0.25) is 4.90 Å². The highest BCUT2D eigenvalue weighted by molar-refractivity contribution is 5.44. The first kappa shape index (κ1) is 13.7. The fraction of sp³-hybridized carbons (Fsp3) is 0.300. The molecule has 1 aliphatic carbocycles. The van der Waals surface area contributed by atoms with Crippen LogP contribution in [0.4, 0.5) is 4.39 Å². The molecule has 0 bridgehead atoms. The van der Waals surface area contributed by atoms with Crippen molar-refractivity contribution in [3.05, 3.63) is 82.7 Å². The number of hydrogen-bond acceptors (Lipinski definition) is 1. The maximum absolute atomic E-state index is 13.1. The van der Waals surface area contributed by atoms with E-state index in [4.69, 9.17) is 0 Å². The van der Waals surface area contributed by atoms with Crippen LogP contribution in [0.15, 0.2) is 54.6 Å². The normalized spacial score (nSPS) is 20.5. The summed E-state index contributed by atoms with van der Waals surface area (Å²) < 4.78 is 13.1. The predicted molar refractivity (Wildman–Crippen MR) is 87.2 cm³/mol. The van der Waals surface area contributed by atoms with Crippen LogP contribution in [-0.2, 0) is 19.5 Å². The van der Waals surface area contributed by atoms with E-state index in [1.165, 1.54) is 23.1 Å². The highest BCUT2D eigenvalue weighted by Crippen LogP contribution is 2.35. The molecule has 1 aliphatic heterocycles. The van der Waals surface area contributed by atoms with Gasteiger partial charge in [0.15, 0.2) is 0 Å². The second-order valence-corrected chi connectivity index (χ2v) is 6.35. The van der Waals surface area contributed by atoms with E-state index in [9.17, 15) is 4.39 Å². The molecular formula is C20H20FN. The molecule has 0 radical (unpaired) electrons. The Labute approximate surface area is 131 Å². The van der Waals surface area contributed by atoms with Crippen molar-refractivity contribution in [1.29, 1.82) is 0 Å². The molecule has 2 aliphatic rings. The van der Waals surface area contributed by atoms with Crippen LogP contribution in [0.1, 0.15) is 34.6 Å². The van der Waals surface area contributed by atoms with Crippen molar-refractivity contribution in [2.24, 2.45) is 0 Å². The average molecular weight is 293 g/mol. The standard InChI is InChI=1S/C20H20FN/c21-19-9-7-15(8-10-19)13-22-12-11-17-5-1-3-16-4-2-6-18(14-22)20(16)17/h1-2,4-10,17H,3,11-14H2/t17-/m1/s1. The summed E-state index contributed by atoms with van der Waals surface area (Å²) in [5.41, 5.74) is 5.70. The van der Waals surface area contributed by atoms with Gasteiger partial charge in [-0.15, -0.1) is 0 Å². The molecule has 1 heterocycles. The van der Waals surface area contributed by atoms with Crippen LogP contribution < -0.4 is 0 Å². The van der Waals surface area contributed by atoms with Gasteiger partial charge in [-0.25, -0.2) is 4.39 Å². The third-order valence-electron chi connectivity index (χ3n) is 4.83. The third kappa shape index (κ3) is 2.59. The van der Waals surface area contributed by atoms with E-state index in [1.807, 2.05) is 12.1 Å². The first-order valence-electron chi connectivity index (χ1n) is 8.04. The van der Waals surface area contributed by atoms with Crippen molar-refractivity contribution in [1.82, 2.24) is 4.90 Å². The summed E-state index contributed by atoms with van der Waals surface area (Å²) in [7, 11) is 0. The molecule has 0 N–H and O–H groups in total. The highest BCUT2D eigenvalue weighted by Gasteiger charge is 2.24. The van der Waals surface area contributed by atoms with Crippen molar-refractivity contribution >= 4 is 0 Å². The molecule has 22 heavy (non-hydrogen) atoms. The maximum atomic E-state index is 13.1. The molecule has 0 saturated carbocycles. The summed E-state index contributed by atoms with van der Waals surface area (Å²) in [4.78, 5) is 2.48. The lowest BCUT2D eigenvalue weighted by Crippen LogP contribution is -2.22. The monoisotopic (exact) mass is 293 g/mol. The van der Waals surface area contributed by atoms with E-state index < -0.39 is 0 Å². The molecule has 2 heteroatoms. The second-order valence-electron chi connectivity index (χ2n) is 6.35. The zero-order valence-electron chi connectivity index (χ0n) is 12.6. The van der Waals surface area contributed by atoms with Gasteiger partial charge in [0.05, 0.1) is 0 Å². The van der Waals surface area contributed by atoms with Crippen LogP contribution in [0.2, 0.25) is 0 Å². The van der Waals surface area contributed by atoms with E-state index in [0.717, 1.165) is 26.1 Å². The number of nitrogens with zero attached hydrogens (tertiary/aromatic N) is 1. The van der Waals surface area contributed by atoms with Gasteiger partial charge in [-0.05, 0) is 53.8 Å². The minimum atomic E-state index is -0.161. The molecule has 0 saturated heterocycles. The molecule has 0 spiro atoms. The highest BCUT2D eigenvalue weighted by atomic mass is 19.1. The van der Waals surface area contributed by atoms with Gasteiger partial charge >= 0.3 is 0 Å². The zero-order chi connectivity index (χ0) is 14.9. The Kier molecular flexibility index (Phi) is 3.55. The minimum absolute atomic E-state index is 0.161. The van der Waals surface area contributed by atoms with Crippen molar-refractivity contribution in [3.8, 4) is 0 Å². The van der Waals surface area contributed by atoms with Gasteiger partial charge in [0, 0.05) is 19.0 Å². The van der Waals surface area contributed by atoms with E-state index in [-0.39, 0.29) is 5.82 Å². The third-order valence-corrected chi connectivity index (χ3v) is 4.83. The molecule has 2 aromatic rings. The lowest BCUT2D eigenvalue weighted by molar-refractivity contribution is 0.259. The fourth-order valence-corrected chi connectivity index (χ4v) is 3.78. The molecule has 2 aromatic carbocycles. The summed E-state index contributed by atoms with van der Waals surface area (Å²) in [6.45, 7) is 2.96. The van der Waals surface area contributed by atoms with E-state index in [1.54, 1.807) is 17.7 Å². The Bertz CT molecular complexity index is 702. The molecule has 0 amide bonds. The number of hydrogen-bond donors (Lipinski definition) is 0. The zero-order valence-corrected chi connectivity index (χ0v) is 12.6. The Morgan fingerprint density at radius 3 is 2.73 bits per heavy atom. The maximum Gasteiger partial charge on any atom is 0.123 e. The van der Waals surface area contributed by atoms with Crippen LogP contribution in [0.5, 0.6) is 0 Å².